The number of ether oxygens (including phenoxy) is 1. The van der Waals surface area contributed by atoms with Gasteiger partial charge in [0.25, 0.3) is 23.3 Å². The van der Waals surface area contributed by atoms with Crippen LogP contribution in [0.25, 0.3) is 22.3 Å². The number of cyclic esters (lactones) is 1. The van der Waals surface area contributed by atoms with Gasteiger partial charge in [0.05, 0.1) is 49.1 Å². The van der Waals surface area contributed by atoms with E-state index in [2.05, 4.69) is 36.2 Å². The highest BCUT2D eigenvalue weighted by Gasteiger charge is 2.45. The van der Waals surface area contributed by atoms with Crippen molar-refractivity contribution in [2.45, 2.75) is 83.0 Å². The van der Waals surface area contributed by atoms with Gasteiger partial charge in [-0.2, -0.15) is 0 Å². The quantitative estimate of drug-likeness (QED) is 0.0553. The van der Waals surface area contributed by atoms with Crippen LogP contribution in [0.5, 0.6) is 5.75 Å². The average Bonchev–Trinajstić information content (AvgIpc) is 3.79. The first-order valence-corrected chi connectivity index (χ1v) is 21.3. The van der Waals surface area contributed by atoms with Crippen molar-refractivity contribution in [2.75, 3.05) is 39.0 Å². The lowest BCUT2D eigenvalue weighted by Crippen LogP contribution is -2.53. The number of rotatable bonds is 14. The molecule has 0 saturated carbocycles. The van der Waals surface area contributed by atoms with Crippen molar-refractivity contribution >= 4 is 46.2 Å². The van der Waals surface area contributed by atoms with E-state index >= 15 is 0 Å². The fourth-order valence-corrected chi connectivity index (χ4v) is 9.31. The van der Waals surface area contributed by atoms with Crippen LogP contribution < -0.4 is 16.2 Å². The van der Waals surface area contributed by atoms with Crippen molar-refractivity contribution in [3.63, 3.8) is 0 Å². The van der Waals surface area contributed by atoms with Crippen LogP contribution in [0, 0.1) is 0 Å². The summed E-state index contributed by atoms with van der Waals surface area (Å²) in [5.41, 5.74) is 3.42. The zero-order valence-electron chi connectivity index (χ0n) is 35.7. The molecular weight excluding hydrogens is 807 g/mol. The topological polar surface area (TPSA) is 200 Å². The first-order chi connectivity index (χ1) is 30.1. The molecule has 2 atom stereocenters. The maximum absolute atomic E-state index is 13.7. The van der Waals surface area contributed by atoms with E-state index in [4.69, 9.17) is 9.72 Å². The highest BCUT2D eigenvalue weighted by molar-refractivity contribution is 6.12. The minimum Gasteiger partial charge on any atom is -0.508 e. The van der Waals surface area contributed by atoms with Gasteiger partial charge in [-0.25, -0.2) is 9.78 Å². The van der Waals surface area contributed by atoms with Crippen LogP contribution in [0.2, 0.25) is 0 Å². The number of carbonyl (C=O) groups excluding carboxylic acids is 5. The van der Waals surface area contributed by atoms with E-state index in [1.54, 1.807) is 29.7 Å². The molecule has 6 heterocycles. The summed E-state index contributed by atoms with van der Waals surface area (Å²) < 4.78 is 7.58. The number of piperidine rings is 1. The summed E-state index contributed by atoms with van der Waals surface area (Å²) in [7, 11) is 4.45. The number of aliphatic hydroxyl groups is 1. The van der Waals surface area contributed by atoms with Crippen molar-refractivity contribution < 1.29 is 43.4 Å². The molecular formula is C47H52N7O9+. The second kappa shape index (κ2) is 17.0. The van der Waals surface area contributed by atoms with Crippen molar-refractivity contribution in [1.82, 2.24) is 24.7 Å². The maximum Gasteiger partial charge on any atom is 0.343 e. The zero-order valence-corrected chi connectivity index (χ0v) is 35.7. The number of nitrogens with zero attached hydrogens (tertiary/aromatic N) is 5. The number of aromatic nitrogens is 2. The number of hydrogen-bond acceptors (Lipinski definition) is 11. The standard InChI is InChI=1S/C47H51N7O9/c1-5-36(49-40(56)8-7-19-52-41(57)15-16-42(52)58)44(59)48-30-11-9-28(10-12-30)26-54(3,4)31-17-20-51(21-18-31)25-33-32-22-29-24-53-38(43(29)50-37(32)13-14-39(33)55)23-35-34(45(53)60)27-63-46(61)47(35,62)6-2/h5,9-16,22-23,31,36,62H,1,6-8,17-21,24-27H2,2-4H3,(H2-,48,49,55,56,59,60)/p+1/t36?,47-/m0/s1. The van der Waals surface area contributed by atoms with E-state index in [-0.39, 0.29) is 61.4 Å². The lowest BCUT2D eigenvalue weighted by atomic mass is 9.86. The van der Waals surface area contributed by atoms with Gasteiger partial charge in [0.1, 0.15) is 24.9 Å². The summed E-state index contributed by atoms with van der Waals surface area (Å²) >= 11 is 0. The number of phenolic OH excluding ortho intramolecular Hbond substituents is 1. The highest BCUT2D eigenvalue weighted by Crippen LogP contribution is 2.40. The molecule has 1 fully saturated rings. The summed E-state index contributed by atoms with van der Waals surface area (Å²) in [5.74, 6) is -2.23. The third-order valence-electron chi connectivity index (χ3n) is 13.0. The molecule has 4 amide bonds. The van der Waals surface area contributed by atoms with Gasteiger partial charge in [-0.05, 0) is 49.2 Å². The van der Waals surface area contributed by atoms with Gasteiger partial charge in [0.2, 0.25) is 5.91 Å². The Bertz CT molecular complexity index is 2630. The number of fused-ring (bicyclic) bond motifs is 5. The molecule has 16 heteroatoms. The van der Waals surface area contributed by atoms with Gasteiger partial charge in [-0.3, -0.25) is 33.8 Å². The van der Waals surface area contributed by atoms with E-state index in [1.165, 1.54) is 18.2 Å². The molecule has 0 bridgehead atoms. The summed E-state index contributed by atoms with van der Waals surface area (Å²) in [6.45, 7) is 8.51. The van der Waals surface area contributed by atoms with Crippen LogP contribution in [0.1, 0.15) is 66.8 Å². The number of benzene rings is 2. The molecule has 8 rings (SSSR count). The molecule has 4 aliphatic rings. The van der Waals surface area contributed by atoms with E-state index < -0.39 is 41.2 Å². The molecule has 0 aliphatic carbocycles. The SMILES string of the molecule is C=CC(NC(=O)CCCN1C(=O)C=CC1=O)C(=O)Nc1ccc(C[N+](C)(C)C2CCN(Cc3c(O)ccc4nc5c(cc34)Cn3c-5cc4c(c3=O)COC(=O)[C@]4(O)CC)CC2)cc1. The smallest absolute Gasteiger partial charge is 0.343 e. The molecule has 2 aromatic carbocycles. The lowest BCUT2D eigenvalue weighted by Gasteiger charge is -2.43. The molecule has 1 saturated heterocycles. The van der Waals surface area contributed by atoms with Crippen molar-refractivity contribution in [2.24, 2.45) is 0 Å². The van der Waals surface area contributed by atoms with Gasteiger partial charge < -0.3 is 34.6 Å². The molecule has 0 radical (unpaired) electrons. The minimum atomic E-state index is -1.90. The second-order valence-corrected chi connectivity index (χ2v) is 17.4. The molecule has 16 nitrogen and oxygen atoms in total. The molecule has 328 valence electrons. The minimum absolute atomic E-state index is 0.0308. The van der Waals surface area contributed by atoms with Gasteiger partial charge in [-0.1, -0.05) is 25.1 Å². The summed E-state index contributed by atoms with van der Waals surface area (Å²) in [5, 5.41) is 28.7. The van der Waals surface area contributed by atoms with E-state index in [1.807, 2.05) is 30.3 Å². The number of esters is 1. The van der Waals surface area contributed by atoms with Gasteiger partial charge >= 0.3 is 5.97 Å². The first-order valence-electron chi connectivity index (χ1n) is 21.3. The molecule has 4 N–H and O–H groups in total. The second-order valence-electron chi connectivity index (χ2n) is 17.4. The fourth-order valence-electron chi connectivity index (χ4n) is 9.31. The Morgan fingerprint density at radius 2 is 1.76 bits per heavy atom. The summed E-state index contributed by atoms with van der Waals surface area (Å²) in [6, 6.07) is 14.2. The monoisotopic (exact) mass is 858 g/mol. The van der Waals surface area contributed by atoms with Crippen LogP contribution in [-0.4, -0.2) is 109 Å². The number of amides is 4. The Morgan fingerprint density at radius 3 is 2.44 bits per heavy atom. The van der Waals surface area contributed by atoms with Crippen molar-refractivity contribution in [1.29, 1.82) is 0 Å². The number of pyridine rings is 2. The van der Waals surface area contributed by atoms with Crippen LogP contribution in [0.3, 0.4) is 0 Å². The number of likely N-dealkylation sites (tertiary alicyclic amines) is 1. The van der Waals surface area contributed by atoms with E-state index in [9.17, 15) is 39.0 Å². The fraction of sp³-hybridized carbons (Fsp3) is 0.383. The van der Waals surface area contributed by atoms with Crippen LogP contribution in [-0.2, 0) is 60.6 Å². The predicted octanol–water partition coefficient (Wildman–Crippen LogP) is 3.34. The molecule has 1 unspecified atom stereocenters. The Hall–Kier alpha value is -6.49. The Kier molecular flexibility index (Phi) is 11.6. The molecule has 63 heavy (non-hydrogen) atoms. The van der Waals surface area contributed by atoms with E-state index in [0.29, 0.717) is 35.2 Å². The number of nitrogens with one attached hydrogen (secondary N) is 2. The normalized spacial score (nSPS) is 19.1. The molecule has 2 aromatic heterocycles. The van der Waals surface area contributed by atoms with Gasteiger partial charge in [0.15, 0.2) is 5.60 Å². The number of anilines is 1. The van der Waals surface area contributed by atoms with Crippen molar-refractivity contribution in [3.8, 4) is 17.1 Å². The Balaban J connectivity index is 0.859. The third kappa shape index (κ3) is 8.28. The number of phenols is 1. The van der Waals surface area contributed by atoms with Gasteiger partial charge in [0, 0.05) is 90.9 Å². The number of imide groups is 1. The molecule has 4 aromatic rings. The maximum atomic E-state index is 13.7. The molecule has 4 aliphatic heterocycles. The predicted molar refractivity (Wildman–Crippen MR) is 233 cm³/mol. The number of quaternary nitrogens is 1. The lowest BCUT2D eigenvalue weighted by molar-refractivity contribution is -0.929. The van der Waals surface area contributed by atoms with Crippen LogP contribution >= 0.6 is 0 Å². The Labute approximate surface area is 364 Å². The average molecular weight is 859 g/mol. The zero-order chi connectivity index (χ0) is 44.8. The Morgan fingerprint density at radius 1 is 1.05 bits per heavy atom. The first kappa shape index (κ1) is 43.2. The van der Waals surface area contributed by atoms with Crippen LogP contribution in [0.4, 0.5) is 5.69 Å². The number of carbonyl (C=O) groups is 5. The number of hydrogen-bond donors (Lipinski definition) is 4. The highest BCUT2D eigenvalue weighted by atomic mass is 16.6. The van der Waals surface area contributed by atoms with Crippen LogP contribution in [0.15, 0.2) is 78.1 Å². The largest absolute Gasteiger partial charge is 0.508 e. The summed E-state index contributed by atoms with van der Waals surface area (Å²) in [4.78, 5) is 83.6. The molecule has 0 spiro atoms. The third-order valence-corrected chi connectivity index (χ3v) is 13.0. The van der Waals surface area contributed by atoms with E-state index in [0.717, 1.165) is 63.9 Å². The van der Waals surface area contributed by atoms with Crippen molar-refractivity contribution in [3.05, 3.63) is 112 Å². The summed E-state index contributed by atoms with van der Waals surface area (Å²) in [6.07, 6.45) is 5.99. The number of aromatic hydroxyl groups is 1. The van der Waals surface area contributed by atoms with Gasteiger partial charge in [-0.15, -0.1) is 6.58 Å².